The number of hydrogen-bond donors (Lipinski definition) is 8. The van der Waals surface area contributed by atoms with Gasteiger partial charge in [0, 0.05) is 0 Å². The third-order valence-corrected chi connectivity index (χ3v) is 9.41. The Morgan fingerprint density at radius 3 is 2.44 bits per heavy atom. The van der Waals surface area contributed by atoms with E-state index < -0.39 is 96.0 Å². The highest BCUT2D eigenvalue weighted by molar-refractivity contribution is 7.61. The molecule has 9 N–H and O–H groups in total. The Bertz CT molecular complexity index is 1410. The quantitative estimate of drug-likeness (QED) is 0.120. The molecule has 0 aromatic carbocycles. The molecular weight excluding hydrogens is 628 g/mol. The van der Waals surface area contributed by atoms with Gasteiger partial charge >= 0.3 is 15.6 Å². The van der Waals surface area contributed by atoms with Gasteiger partial charge in [-0.3, -0.25) is 13.6 Å². The highest BCUT2D eigenvalue weighted by atomic mass is 31.3. The average Bonchev–Trinajstić information content (AvgIpc) is 3.58. The van der Waals surface area contributed by atoms with Crippen molar-refractivity contribution < 1.29 is 76.8 Å². The van der Waals surface area contributed by atoms with Crippen molar-refractivity contribution in [1.29, 1.82) is 0 Å². The van der Waals surface area contributed by atoms with Crippen LogP contribution in [0.15, 0.2) is 12.7 Å². The first kappa shape index (κ1) is 32.6. The average molecular weight is 659 g/mol. The van der Waals surface area contributed by atoms with Gasteiger partial charge in [-0.2, -0.15) is 4.31 Å². The molecule has 3 aliphatic heterocycles. The highest BCUT2D eigenvalue weighted by Gasteiger charge is 2.57. The van der Waals surface area contributed by atoms with Crippen LogP contribution in [0.4, 0.5) is 5.82 Å². The summed E-state index contributed by atoms with van der Waals surface area (Å²) in [5.74, 6) is -0.984. The standard InChI is InChI=1S/C20H31N5O16P2/c1-20(2)38-14-8(36-18(15(14)39-20)25-6-24-9-16(21)22-5-23-17(9)25)4-35-42(31,32)41-43(33,34)40-19-12(30)10(28)11(29)13(37-19)7(27)3-26/h5-8,10-15,18-19,26-30H,3-4H2,1-2H3,(H,31,32)(H,33,34)(H2,21,22,23)/t7-,8-,10?,11+,12?,13?,14+,15+,18-,19+/m1/s1. The number of aliphatic hydroxyl groups is 5. The maximum atomic E-state index is 12.6. The van der Waals surface area contributed by atoms with Gasteiger partial charge in [-0.05, 0) is 13.8 Å². The minimum Gasteiger partial charge on any atom is -0.394 e. The first-order chi connectivity index (χ1) is 20.0. The van der Waals surface area contributed by atoms with Gasteiger partial charge in [0.2, 0.25) is 0 Å². The Kier molecular flexibility index (Phi) is 9.02. The Balaban J connectivity index is 1.26. The maximum absolute atomic E-state index is 12.6. The van der Waals surface area contributed by atoms with E-state index in [0.29, 0.717) is 11.2 Å². The Labute approximate surface area is 241 Å². The first-order valence-corrected chi connectivity index (χ1v) is 15.6. The molecule has 0 bridgehead atoms. The fourth-order valence-electron chi connectivity index (χ4n) is 4.93. The molecule has 2 aromatic rings. The summed E-state index contributed by atoms with van der Waals surface area (Å²) in [4.78, 5) is 32.5. The number of nitrogen functional groups attached to an aromatic ring is 1. The van der Waals surface area contributed by atoms with E-state index in [2.05, 4.69) is 23.8 Å². The number of phosphoric acid groups is 2. The lowest BCUT2D eigenvalue weighted by Crippen LogP contribution is -2.61. The van der Waals surface area contributed by atoms with Crippen molar-refractivity contribution >= 4 is 32.6 Å². The summed E-state index contributed by atoms with van der Waals surface area (Å²) in [6.07, 6.45) is -13.1. The van der Waals surface area contributed by atoms with Crippen LogP contribution in [0.25, 0.3) is 11.2 Å². The van der Waals surface area contributed by atoms with Crippen molar-refractivity contribution in [3.63, 3.8) is 0 Å². The van der Waals surface area contributed by atoms with Crippen LogP contribution in [-0.4, -0.2) is 129 Å². The molecule has 242 valence electrons. The third-order valence-electron chi connectivity index (χ3n) is 6.80. The molecule has 23 heteroatoms. The van der Waals surface area contributed by atoms with Crippen LogP contribution in [0.3, 0.4) is 0 Å². The van der Waals surface area contributed by atoms with E-state index >= 15 is 0 Å². The summed E-state index contributed by atoms with van der Waals surface area (Å²) in [6.45, 7) is 1.58. The normalized spacial score (nSPS) is 37.6. The third kappa shape index (κ3) is 6.63. The van der Waals surface area contributed by atoms with Crippen LogP contribution < -0.4 is 5.73 Å². The van der Waals surface area contributed by atoms with Gasteiger partial charge in [0.25, 0.3) is 0 Å². The summed E-state index contributed by atoms with van der Waals surface area (Å²) in [5, 5.41) is 48.9. The van der Waals surface area contributed by atoms with Gasteiger partial charge in [0.15, 0.2) is 29.8 Å². The number of imidazole rings is 1. The largest absolute Gasteiger partial charge is 0.483 e. The number of rotatable bonds is 10. The number of aromatic nitrogens is 4. The molecule has 5 unspecified atom stereocenters. The number of phosphoric ester groups is 2. The first-order valence-electron chi connectivity index (χ1n) is 12.6. The molecule has 12 atom stereocenters. The number of fused-ring (bicyclic) bond motifs is 2. The number of aliphatic hydroxyl groups excluding tert-OH is 5. The maximum Gasteiger partial charge on any atom is 0.483 e. The van der Waals surface area contributed by atoms with Crippen LogP contribution in [0.5, 0.6) is 0 Å². The summed E-state index contributed by atoms with van der Waals surface area (Å²) in [6, 6.07) is 0. The summed E-state index contributed by atoms with van der Waals surface area (Å²) in [5.41, 5.74) is 6.46. The number of nitrogens with zero attached hydrogens (tertiary/aromatic N) is 4. The SMILES string of the molecule is CC1(C)O[C@@H]2[C@H](O1)[C@H](n1cnc3c(N)ncnc31)O[C@@H]2COP(=O)(O)OP(=O)(O)O[C@@H]1OC([C@H](O)CO)[C@@H](O)C(O)C1O. The molecule has 5 rings (SSSR count). The molecule has 5 heterocycles. The number of anilines is 1. The molecule has 0 spiro atoms. The second-order valence-corrected chi connectivity index (χ2v) is 13.3. The predicted molar refractivity (Wildman–Crippen MR) is 135 cm³/mol. The predicted octanol–water partition coefficient (Wildman–Crippen LogP) is -2.76. The number of nitrogens with two attached hydrogens (primary N) is 1. The minimum atomic E-state index is -5.61. The minimum absolute atomic E-state index is 0.119. The monoisotopic (exact) mass is 659 g/mol. The van der Waals surface area contributed by atoms with E-state index in [1.54, 1.807) is 13.8 Å². The zero-order valence-electron chi connectivity index (χ0n) is 22.4. The van der Waals surface area contributed by atoms with Gasteiger partial charge in [0.1, 0.15) is 60.7 Å². The molecule has 3 aliphatic rings. The molecular formula is C20H31N5O16P2. The fourth-order valence-corrected chi connectivity index (χ4v) is 7.09. The van der Waals surface area contributed by atoms with Gasteiger partial charge in [-0.25, -0.2) is 24.1 Å². The van der Waals surface area contributed by atoms with Crippen molar-refractivity contribution in [1.82, 2.24) is 19.5 Å². The van der Waals surface area contributed by atoms with E-state index in [0.717, 1.165) is 0 Å². The zero-order chi connectivity index (χ0) is 31.5. The molecule has 0 aliphatic carbocycles. The van der Waals surface area contributed by atoms with Crippen molar-refractivity contribution in [3.05, 3.63) is 12.7 Å². The topological polar surface area (TPSA) is 310 Å². The fraction of sp³-hybridized carbons (Fsp3) is 0.750. The second kappa shape index (κ2) is 11.9. The van der Waals surface area contributed by atoms with Crippen LogP contribution in [0.1, 0.15) is 20.1 Å². The van der Waals surface area contributed by atoms with Gasteiger partial charge in [-0.1, -0.05) is 0 Å². The molecule has 21 nitrogen and oxygen atoms in total. The highest BCUT2D eigenvalue weighted by Crippen LogP contribution is 2.61. The summed E-state index contributed by atoms with van der Waals surface area (Å²) < 4.78 is 63.3. The van der Waals surface area contributed by atoms with Gasteiger partial charge < -0.3 is 60.0 Å². The number of hydrogen-bond acceptors (Lipinski definition) is 18. The lowest BCUT2D eigenvalue weighted by atomic mass is 9.96. The van der Waals surface area contributed by atoms with Crippen LogP contribution in [0.2, 0.25) is 0 Å². The van der Waals surface area contributed by atoms with Crippen molar-refractivity contribution in [2.45, 2.75) is 81.0 Å². The molecule has 43 heavy (non-hydrogen) atoms. The van der Waals surface area contributed by atoms with E-state index in [-0.39, 0.29) is 5.82 Å². The Hall–Kier alpha value is -1.75. The van der Waals surface area contributed by atoms with E-state index in [4.69, 9.17) is 34.3 Å². The van der Waals surface area contributed by atoms with Crippen LogP contribution in [-0.2, 0) is 41.4 Å². The number of ether oxygens (including phenoxy) is 4. The molecule has 3 saturated heterocycles. The van der Waals surface area contributed by atoms with Crippen LogP contribution >= 0.6 is 15.6 Å². The van der Waals surface area contributed by atoms with E-state index in [1.165, 1.54) is 17.2 Å². The molecule has 0 amide bonds. The molecule has 0 radical (unpaired) electrons. The zero-order valence-corrected chi connectivity index (χ0v) is 24.2. The summed E-state index contributed by atoms with van der Waals surface area (Å²) in [7, 11) is -11.0. The second-order valence-electron chi connectivity index (χ2n) is 10.3. The summed E-state index contributed by atoms with van der Waals surface area (Å²) >= 11 is 0. The van der Waals surface area contributed by atoms with Crippen LogP contribution in [0, 0.1) is 0 Å². The van der Waals surface area contributed by atoms with Crippen molar-refractivity contribution in [2.24, 2.45) is 0 Å². The Morgan fingerprint density at radius 2 is 1.74 bits per heavy atom. The van der Waals surface area contributed by atoms with E-state index in [9.17, 15) is 39.3 Å². The smallest absolute Gasteiger partial charge is 0.394 e. The van der Waals surface area contributed by atoms with Crippen molar-refractivity contribution in [2.75, 3.05) is 18.9 Å². The molecule has 3 fully saturated rings. The lowest BCUT2D eigenvalue weighted by Gasteiger charge is -2.41. The van der Waals surface area contributed by atoms with Gasteiger partial charge in [-0.15, -0.1) is 0 Å². The van der Waals surface area contributed by atoms with E-state index in [1.807, 2.05) is 0 Å². The van der Waals surface area contributed by atoms with Gasteiger partial charge in [0.05, 0.1) is 19.5 Å². The Morgan fingerprint density at radius 1 is 1.05 bits per heavy atom. The molecule has 0 saturated carbocycles. The lowest BCUT2D eigenvalue weighted by molar-refractivity contribution is -0.292. The molecule has 2 aromatic heterocycles. The van der Waals surface area contributed by atoms with Crippen molar-refractivity contribution in [3.8, 4) is 0 Å².